The zero-order valence-corrected chi connectivity index (χ0v) is 19.9. The van der Waals surface area contributed by atoms with Gasteiger partial charge in [-0.25, -0.2) is 23.2 Å². The number of sulfonamides is 1. The molecule has 0 bridgehead atoms. The smallest absolute Gasteiger partial charge is 0.360 e. The molecule has 33 heavy (non-hydrogen) atoms. The summed E-state index contributed by atoms with van der Waals surface area (Å²) in [6.45, 7) is 7.30. The van der Waals surface area contributed by atoms with E-state index in [1.807, 2.05) is 49.1 Å². The average Bonchev–Trinajstić information content (AvgIpc) is 3.07. The number of aromatic nitrogens is 2. The fourth-order valence-corrected chi connectivity index (χ4v) is 5.80. The standard InChI is InChI=1S/C24H28N4O4S/c1-4-32-24(29)22-23(26-20-9-6-5-8-19(20)25-22)27-12-7-13-28(15-14-27)33(30,31)21-16-17(2)10-11-18(21)3/h5-6,8-11,16H,4,7,12-15H2,1-3H3. The number of hydrogen-bond acceptors (Lipinski definition) is 7. The van der Waals surface area contributed by atoms with E-state index < -0.39 is 16.0 Å². The first-order valence-corrected chi connectivity index (χ1v) is 12.5. The third-order valence-corrected chi connectivity index (χ3v) is 7.78. The predicted octanol–water partition coefficient (Wildman–Crippen LogP) is 3.32. The highest BCUT2D eigenvalue weighted by atomic mass is 32.2. The minimum absolute atomic E-state index is 0.154. The molecule has 0 aliphatic carbocycles. The monoisotopic (exact) mass is 468 g/mol. The number of carbonyl (C=O) groups excluding carboxylic acids is 1. The molecule has 8 nitrogen and oxygen atoms in total. The van der Waals surface area contributed by atoms with E-state index in [1.54, 1.807) is 19.1 Å². The number of anilines is 1. The molecule has 2 heterocycles. The highest BCUT2D eigenvalue weighted by Gasteiger charge is 2.30. The van der Waals surface area contributed by atoms with Crippen LogP contribution in [0.2, 0.25) is 0 Å². The fraction of sp³-hybridized carbons (Fsp3) is 0.375. The van der Waals surface area contributed by atoms with Gasteiger partial charge in [0, 0.05) is 26.2 Å². The van der Waals surface area contributed by atoms with Crippen LogP contribution in [0.3, 0.4) is 0 Å². The summed E-state index contributed by atoms with van der Waals surface area (Å²) in [4.78, 5) is 24.2. The third kappa shape index (κ3) is 4.69. The number of esters is 1. The summed E-state index contributed by atoms with van der Waals surface area (Å²) in [5, 5.41) is 0. The Balaban J connectivity index is 1.65. The van der Waals surface area contributed by atoms with Gasteiger partial charge in [-0.05, 0) is 56.5 Å². The Morgan fingerprint density at radius 3 is 2.45 bits per heavy atom. The van der Waals surface area contributed by atoms with E-state index in [0.717, 1.165) is 11.1 Å². The van der Waals surface area contributed by atoms with E-state index in [-0.39, 0.29) is 18.8 Å². The maximum atomic E-state index is 13.4. The van der Waals surface area contributed by atoms with Gasteiger partial charge >= 0.3 is 5.97 Å². The second kappa shape index (κ2) is 9.44. The Hall–Kier alpha value is -3.04. The number of rotatable bonds is 5. The summed E-state index contributed by atoms with van der Waals surface area (Å²) in [5.74, 6) is -0.104. The summed E-state index contributed by atoms with van der Waals surface area (Å²) in [7, 11) is -3.63. The lowest BCUT2D eigenvalue weighted by atomic mass is 10.2. The number of ether oxygens (including phenoxy) is 1. The van der Waals surface area contributed by atoms with E-state index >= 15 is 0 Å². The van der Waals surface area contributed by atoms with Gasteiger partial charge < -0.3 is 9.64 Å². The average molecular weight is 469 g/mol. The van der Waals surface area contributed by atoms with Crippen molar-refractivity contribution in [1.82, 2.24) is 14.3 Å². The molecule has 1 aliphatic heterocycles. The Morgan fingerprint density at radius 1 is 1.00 bits per heavy atom. The molecule has 0 spiro atoms. The second-order valence-corrected chi connectivity index (χ2v) is 10.0. The Kier molecular flexibility index (Phi) is 6.62. The number of para-hydroxylation sites is 2. The van der Waals surface area contributed by atoms with Crippen molar-refractivity contribution in [1.29, 1.82) is 0 Å². The normalized spacial score (nSPS) is 15.4. The molecule has 4 rings (SSSR count). The van der Waals surface area contributed by atoms with Gasteiger partial charge in [0.25, 0.3) is 0 Å². The van der Waals surface area contributed by atoms with Gasteiger partial charge in [0.05, 0.1) is 22.5 Å². The van der Waals surface area contributed by atoms with Crippen LogP contribution in [0, 0.1) is 13.8 Å². The van der Waals surface area contributed by atoms with Gasteiger partial charge in [0.1, 0.15) is 0 Å². The van der Waals surface area contributed by atoms with Crippen LogP contribution in [0.4, 0.5) is 5.82 Å². The summed E-state index contributed by atoms with van der Waals surface area (Å²) < 4.78 is 33.5. The number of hydrogen-bond donors (Lipinski definition) is 0. The van der Waals surface area contributed by atoms with Gasteiger partial charge in [-0.2, -0.15) is 4.31 Å². The van der Waals surface area contributed by atoms with Crippen molar-refractivity contribution >= 4 is 32.8 Å². The molecule has 0 atom stereocenters. The van der Waals surface area contributed by atoms with Gasteiger partial charge in [-0.15, -0.1) is 0 Å². The molecule has 3 aromatic rings. The van der Waals surface area contributed by atoms with Crippen LogP contribution in [-0.4, -0.2) is 61.4 Å². The predicted molar refractivity (Wildman–Crippen MR) is 127 cm³/mol. The Morgan fingerprint density at radius 2 is 1.73 bits per heavy atom. The first-order valence-electron chi connectivity index (χ1n) is 11.1. The SMILES string of the molecule is CCOC(=O)c1nc2ccccc2nc1N1CCCN(S(=O)(=O)c2cc(C)ccc2C)CC1. The van der Waals surface area contributed by atoms with Gasteiger partial charge in [-0.1, -0.05) is 24.3 Å². The zero-order chi connectivity index (χ0) is 23.6. The van der Waals surface area contributed by atoms with Gasteiger partial charge in [0.15, 0.2) is 11.5 Å². The van der Waals surface area contributed by atoms with Crippen molar-refractivity contribution in [2.24, 2.45) is 0 Å². The number of nitrogens with zero attached hydrogens (tertiary/aromatic N) is 4. The van der Waals surface area contributed by atoms with Crippen LogP contribution in [-0.2, 0) is 14.8 Å². The van der Waals surface area contributed by atoms with Crippen LogP contribution >= 0.6 is 0 Å². The molecule has 9 heteroatoms. The summed E-state index contributed by atoms with van der Waals surface area (Å²) in [6.07, 6.45) is 0.598. The summed E-state index contributed by atoms with van der Waals surface area (Å²) in [6, 6.07) is 12.8. The van der Waals surface area contributed by atoms with E-state index in [9.17, 15) is 13.2 Å². The highest BCUT2D eigenvalue weighted by Crippen LogP contribution is 2.26. The molecule has 0 radical (unpaired) electrons. The third-order valence-electron chi connectivity index (χ3n) is 5.74. The number of carbonyl (C=O) groups is 1. The van der Waals surface area contributed by atoms with E-state index in [4.69, 9.17) is 9.72 Å². The minimum atomic E-state index is -3.63. The van der Waals surface area contributed by atoms with Crippen molar-refractivity contribution in [3.8, 4) is 0 Å². The number of fused-ring (bicyclic) bond motifs is 1. The van der Waals surface area contributed by atoms with E-state index in [0.29, 0.717) is 47.8 Å². The summed E-state index contributed by atoms with van der Waals surface area (Å²) >= 11 is 0. The number of aryl methyl sites for hydroxylation is 2. The maximum Gasteiger partial charge on any atom is 0.360 e. The lowest BCUT2D eigenvalue weighted by molar-refractivity contribution is 0.0520. The molecular formula is C24H28N4O4S. The van der Waals surface area contributed by atoms with Gasteiger partial charge in [-0.3, -0.25) is 0 Å². The molecule has 0 amide bonds. The van der Waals surface area contributed by atoms with Crippen LogP contribution in [0.5, 0.6) is 0 Å². The lowest BCUT2D eigenvalue weighted by Crippen LogP contribution is -2.36. The minimum Gasteiger partial charge on any atom is -0.461 e. The molecule has 1 aliphatic rings. The first-order chi connectivity index (χ1) is 15.8. The van der Waals surface area contributed by atoms with Crippen molar-refractivity contribution in [2.45, 2.75) is 32.1 Å². The largest absolute Gasteiger partial charge is 0.461 e. The fourth-order valence-electron chi connectivity index (χ4n) is 4.02. The Bertz CT molecular complexity index is 1290. The molecule has 0 unspecified atom stereocenters. The molecule has 174 valence electrons. The van der Waals surface area contributed by atoms with Crippen molar-refractivity contribution in [3.05, 3.63) is 59.3 Å². The van der Waals surface area contributed by atoms with Crippen LogP contribution in [0.25, 0.3) is 11.0 Å². The molecular weight excluding hydrogens is 440 g/mol. The van der Waals surface area contributed by atoms with Crippen LogP contribution in [0.15, 0.2) is 47.4 Å². The highest BCUT2D eigenvalue weighted by molar-refractivity contribution is 7.89. The van der Waals surface area contributed by atoms with E-state index in [2.05, 4.69) is 4.98 Å². The second-order valence-electron chi connectivity index (χ2n) is 8.12. The van der Waals surface area contributed by atoms with Crippen molar-refractivity contribution in [3.63, 3.8) is 0 Å². The maximum absolute atomic E-state index is 13.4. The van der Waals surface area contributed by atoms with Crippen molar-refractivity contribution in [2.75, 3.05) is 37.7 Å². The number of benzene rings is 2. The topological polar surface area (TPSA) is 92.7 Å². The summed E-state index contributed by atoms with van der Waals surface area (Å²) in [5.41, 5.74) is 3.07. The van der Waals surface area contributed by atoms with Crippen LogP contribution in [0.1, 0.15) is 35.0 Å². The van der Waals surface area contributed by atoms with Crippen LogP contribution < -0.4 is 4.90 Å². The quantitative estimate of drug-likeness (QED) is 0.530. The van der Waals surface area contributed by atoms with Crippen molar-refractivity contribution < 1.29 is 17.9 Å². The molecule has 1 saturated heterocycles. The molecule has 2 aromatic carbocycles. The van der Waals surface area contributed by atoms with Gasteiger partial charge in [0.2, 0.25) is 10.0 Å². The zero-order valence-electron chi connectivity index (χ0n) is 19.1. The lowest BCUT2D eigenvalue weighted by Gasteiger charge is -2.24. The molecule has 0 N–H and O–H groups in total. The first kappa shape index (κ1) is 23.1. The molecule has 0 saturated carbocycles. The van der Waals surface area contributed by atoms with E-state index in [1.165, 1.54) is 4.31 Å². The molecule has 1 fully saturated rings. The molecule has 1 aromatic heterocycles. The Labute approximate surface area is 194 Å².